The van der Waals surface area contributed by atoms with Gasteiger partial charge in [-0.25, -0.2) is 15.0 Å². The number of aromatic nitrogens is 4. The summed E-state index contributed by atoms with van der Waals surface area (Å²) in [5.74, 6) is 1.09. The first-order valence-electron chi connectivity index (χ1n) is 5.91. The summed E-state index contributed by atoms with van der Waals surface area (Å²) in [7, 11) is 0. The molecule has 0 unspecified atom stereocenters. The molecule has 3 rings (SSSR count). The van der Waals surface area contributed by atoms with E-state index in [1.54, 1.807) is 24.5 Å². The Balaban J connectivity index is 1.95. The second-order valence-corrected chi connectivity index (χ2v) is 6.83. The quantitative estimate of drug-likeness (QED) is 0.511. The van der Waals surface area contributed by atoms with E-state index in [0.717, 1.165) is 8.95 Å². The molecule has 0 aliphatic rings. The molecule has 1 aromatic carbocycles. The van der Waals surface area contributed by atoms with Crippen LogP contribution in [0.4, 0.5) is 0 Å². The summed E-state index contributed by atoms with van der Waals surface area (Å²) in [4.78, 5) is 27.7. The number of hydrogen-bond donors (Lipinski definition) is 1. The Morgan fingerprint density at radius 1 is 1.19 bits per heavy atom. The highest BCUT2D eigenvalue weighted by atomic mass is 79.9. The summed E-state index contributed by atoms with van der Waals surface area (Å²) in [5.41, 5.74) is 0.484. The van der Waals surface area contributed by atoms with Crippen LogP contribution in [0.3, 0.4) is 0 Å². The smallest absolute Gasteiger partial charge is 0.258 e. The predicted molar refractivity (Wildman–Crippen MR) is 89.4 cm³/mol. The lowest BCUT2D eigenvalue weighted by Gasteiger charge is -2.04. The van der Waals surface area contributed by atoms with Crippen LogP contribution in [0, 0.1) is 0 Å². The number of hydrogen-bond acceptors (Lipinski definition) is 5. The number of benzene rings is 1. The Bertz CT molecular complexity index is 854. The number of nitrogens with one attached hydrogen (secondary N) is 1. The van der Waals surface area contributed by atoms with Crippen molar-refractivity contribution in [2.45, 2.75) is 10.9 Å². The molecule has 0 aliphatic heterocycles. The second-order valence-electron chi connectivity index (χ2n) is 4.12. The minimum absolute atomic E-state index is 0.161. The van der Waals surface area contributed by atoms with E-state index in [4.69, 9.17) is 0 Å². The zero-order valence-corrected chi connectivity index (χ0v) is 14.5. The van der Waals surface area contributed by atoms with Crippen LogP contribution in [0.1, 0.15) is 5.82 Å². The van der Waals surface area contributed by atoms with Crippen molar-refractivity contribution in [3.8, 4) is 0 Å². The van der Waals surface area contributed by atoms with Crippen LogP contribution in [-0.4, -0.2) is 19.9 Å². The van der Waals surface area contributed by atoms with Crippen molar-refractivity contribution in [1.29, 1.82) is 0 Å². The standard InChI is InChI=1S/C13H8Br2N4OS/c14-7-4-8-11(9(15)5-7)18-10(19-12(8)20)6-21-13-16-2-1-3-17-13/h1-5H,6H2,(H,18,19,20). The number of H-pyrrole nitrogens is 1. The van der Waals surface area contributed by atoms with Gasteiger partial charge in [-0.3, -0.25) is 4.79 Å². The maximum absolute atomic E-state index is 12.1. The van der Waals surface area contributed by atoms with Crippen molar-refractivity contribution in [2.24, 2.45) is 0 Å². The third kappa shape index (κ3) is 3.33. The van der Waals surface area contributed by atoms with Gasteiger partial charge in [0.2, 0.25) is 0 Å². The third-order valence-corrected chi connectivity index (χ3v) is 4.61. The molecule has 0 atom stereocenters. The number of aromatic amines is 1. The minimum atomic E-state index is -0.161. The molecule has 0 spiro atoms. The highest BCUT2D eigenvalue weighted by Crippen LogP contribution is 2.25. The zero-order valence-electron chi connectivity index (χ0n) is 10.5. The Labute approximate surface area is 140 Å². The Morgan fingerprint density at radius 2 is 1.95 bits per heavy atom. The molecule has 2 aromatic heterocycles. The SMILES string of the molecule is O=c1[nH]c(CSc2ncccn2)nc2c(Br)cc(Br)cc12. The third-order valence-electron chi connectivity index (χ3n) is 2.66. The number of nitrogens with zero attached hydrogens (tertiary/aromatic N) is 3. The molecule has 0 radical (unpaired) electrons. The summed E-state index contributed by atoms with van der Waals surface area (Å²) in [5, 5.41) is 1.19. The van der Waals surface area contributed by atoms with Gasteiger partial charge in [0.15, 0.2) is 5.16 Å². The first-order valence-corrected chi connectivity index (χ1v) is 8.48. The van der Waals surface area contributed by atoms with E-state index >= 15 is 0 Å². The van der Waals surface area contributed by atoms with Gasteiger partial charge in [0.1, 0.15) is 5.82 Å². The van der Waals surface area contributed by atoms with E-state index in [0.29, 0.717) is 27.6 Å². The molecule has 0 aliphatic carbocycles. The van der Waals surface area contributed by atoms with Gasteiger partial charge in [0, 0.05) is 21.3 Å². The maximum Gasteiger partial charge on any atom is 0.258 e. The largest absolute Gasteiger partial charge is 0.309 e. The molecular weight excluding hydrogens is 420 g/mol. The second kappa shape index (κ2) is 6.25. The highest BCUT2D eigenvalue weighted by molar-refractivity contribution is 9.11. The average molecular weight is 428 g/mol. The molecule has 0 amide bonds. The fraction of sp³-hybridized carbons (Fsp3) is 0.0769. The first-order chi connectivity index (χ1) is 10.1. The minimum Gasteiger partial charge on any atom is -0.309 e. The van der Waals surface area contributed by atoms with Crippen LogP contribution in [0.25, 0.3) is 10.9 Å². The fourth-order valence-corrected chi connectivity index (χ4v) is 3.76. The molecule has 106 valence electrons. The lowest BCUT2D eigenvalue weighted by atomic mass is 10.2. The molecular formula is C13H8Br2N4OS. The molecule has 3 aromatic rings. The monoisotopic (exact) mass is 426 g/mol. The van der Waals surface area contributed by atoms with Crippen molar-refractivity contribution in [2.75, 3.05) is 0 Å². The van der Waals surface area contributed by atoms with E-state index in [1.165, 1.54) is 11.8 Å². The van der Waals surface area contributed by atoms with Gasteiger partial charge < -0.3 is 4.98 Å². The topological polar surface area (TPSA) is 71.5 Å². The molecule has 5 nitrogen and oxygen atoms in total. The van der Waals surface area contributed by atoms with E-state index < -0.39 is 0 Å². The van der Waals surface area contributed by atoms with Gasteiger partial charge in [-0.05, 0) is 34.1 Å². The molecule has 1 N–H and O–H groups in total. The number of halogens is 2. The molecule has 2 heterocycles. The lowest BCUT2D eigenvalue weighted by Crippen LogP contribution is -2.11. The van der Waals surface area contributed by atoms with Crippen molar-refractivity contribution < 1.29 is 0 Å². The molecule has 0 bridgehead atoms. The van der Waals surface area contributed by atoms with Gasteiger partial charge in [0.05, 0.1) is 16.7 Å². The van der Waals surface area contributed by atoms with E-state index in [-0.39, 0.29) is 5.56 Å². The van der Waals surface area contributed by atoms with Crippen molar-refractivity contribution in [1.82, 2.24) is 19.9 Å². The summed E-state index contributed by atoms with van der Waals surface area (Å²) >= 11 is 8.22. The first kappa shape index (κ1) is 14.7. The van der Waals surface area contributed by atoms with E-state index in [9.17, 15) is 4.79 Å². The molecule has 8 heteroatoms. The molecule has 0 saturated carbocycles. The number of rotatable bonds is 3. The molecule has 0 fully saturated rings. The average Bonchev–Trinajstić information content (AvgIpc) is 2.47. The van der Waals surface area contributed by atoms with Gasteiger partial charge in [0.25, 0.3) is 5.56 Å². The van der Waals surface area contributed by atoms with Crippen LogP contribution < -0.4 is 5.56 Å². The normalized spacial score (nSPS) is 11.0. The van der Waals surface area contributed by atoms with Crippen molar-refractivity contribution in [3.05, 3.63) is 55.7 Å². The highest BCUT2D eigenvalue weighted by Gasteiger charge is 2.09. The van der Waals surface area contributed by atoms with Crippen LogP contribution in [0.2, 0.25) is 0 Å². The van der Waals surface area contributed by atoms with Gasteiger partial charge in [-0.1, -0.05) is 27.7 Å². The maximum atomic E-state index is 12.1. The van der Waals surface area contributed by atoms with Gasteiger partial charge in [-0.2, -0.15) is 0 Å². The summed E-state index contributed by atoms with van der Waals surface area (Å²) in [6, 6.07) is 5.38. The van der Waals surface area contributed by atoms with E-state index in [1.807, 2.05) is 6.07 Å². The zero-order chi connectivity index (χ0) is 14.8. The van der Waals surface area contributed by atoms with Crippen molar-refractivity contribution in [3.63, 3.8) is 0 Å². The Morgan fingerprint density at radius 3 is 2.71 bits per heavy atom. The predicted octanol–water partition coefficient (Wildman–Crippen LogP) is 3.53. The van der Waals surface area contributed by atoms with Gasteiger partial charge in [-0.15, -0.1) is 0 Å². The molecule has 21 heavy (non-hydrogen) atoms. The van der Waals surface area contributed by atoms with Crippen LogP contribution >= 0.6 is 43.6 Å². The Hall–Kier alpha value is -1.25. The van der Waals surface area contributed by atoms with Crippen LogP contribution in [-0.2, 0) is 5.75 Å². The summed E-state index contributed by atoms with van der Waals surface area (Å²) < 4.78 is 1.61. The van der Waals surface area contributed by atoms with E-state index in [2.05, 4.69) is 51.8 Å². The van der Waals surface area contributed by atoms with Crippen LogP contribution in [0.15, 0.2) is 49.5 Å². The molecule has 0 saturated heterocycles. The lowest BCUT2D eigenvalue weighted by molar-refractivity contribution is 0.958. The Kier molecular flexibility index (Phi) is 4.37. The fourth-order valence-electron chi connectivity index (χ4n) is 1.78. The number of fused-ring (bicyclic) bond motifs is 1. The number of thioether (sulfide) groups is 1. The van der Waals surface area contributed by atoms with Crippen LogP contribution in [0.5, 0.6) is 0 Å². The summed E-state index contributed by atoms with van der Waals surface area (Å²) in [6.07, 6.45) is 3.36. The van der Waals surface area contributed by atoms with Gasteiger partial charge >= 0.3 is 0 Å². The van der Waals surface area contributed by atoms with Crippen molar-refractivity contribution >= 4 is 54.5 Å². The summed E-state index contributed by atoms with van der Waals surface area (Å²) in [6.45, 7) is 0.